The number of imidazole rings is 1. The highest BCUT2D eigenvalue weighted by Gasteiger charge is 2.32. The first kappa shape index (κ1) is 18.2. The fourth-order valence-corrected chi connectivity index (χ4v) is 3.96. The van der Waals surface area contributed by atoms with Crippen LogP contribution >= 0.6 is 0 Å². The quantitative estimate of drug-likeness (QED) is 0.701. The summed E-state index contributed by atoms with van der Waals surface area (Å²) >= 11 is 0. The minimum Gasteiger partial charge on any atom is -0.333 e. The summed E-state index contributed by atoms with van der Waals surface area (Å²) in [6.07, 6.45) is 1.82. The van der Waals surface area contributed by atoms with Crippen molar-refractivity contribution < 1.29 is 9.59 Å². The van der Waals surface area contributed by atoms with Gasteiger partial charge in [0.1, 0.15) is 12.4 Å². The molecule has 1 fully saturated rings. The highest BCUT2D eigenvalue weighted by atomic mass is 16.2. The lowest BCUT2D eigenvalue weighted by atomic mass is 10.2. The van der Waals surface area contributed by atoms with Crippen LogP contribution in [0, 0.1) is 0 Å². The maximum absolute atomic E-state index is 13.0. The molecule has 2 aromatic carbocycles. The van der Waals surface area contributed by atoms with Crippen molar-refractivity contribution in [3.63, 3.8) is 0 Å². The molecule has 0 bridgehead atoms. The molecule has 2 heterocycles. The van der Waals surface area contributed by atoms with Crippen LogP contribution in [0.15, 0.2) is 54.6 Å². The van der Waals surface area contributed by atoms with E-state index in [1.807, 2.05) is 64.1 Å². The van der Waals surface area contributed by atoms with Gasteiger partial charge in [0, 0.05) is 26.2 Å². The SMILES string of the molecule is CC(=O)N1CCC[C@H]1c1nc2ccccc2n1CC(=O)N(C)c1ccccc1. The molecule has 0 aliphatic carbocycles. The zero-order valence-electron chi connectivity index (χ0n) is 16.2. The second-order valence-corrected chi connectivity index (χ2v) is 7.20. The van der Waals surface area contributed by atoms with E-state index in [9.17, 15) is 9.59 Å². The largest absolute Gasteiger partial charge is 0.333 e. The Hall–Kier alpha value is -3.15. The zero-order chi connectivity index (χ0) is 19.7. The van der Waals surface area contributed by atoms with Gasteiger partial charge in [-0.1, -0.05) is 30.3 Å². The number of benzene rings is 2. The molecule has 28 heavy (non-hydrogen) atoms. The molecule has 0 unspecified atom stereocenters. The molecule has 0 radical (unpaired) electrons. The van der Waals surface area contributed by atoms with Crippen LogP contribution in [-0.2, 0) is 16.1 Å². The molecular weight excluding hydrogens is 352 g/mol. The fraction of sp³-hybridized carbons (Fsp3) is 0.318. The maximum atomic E-state index is 13.0. The number of rotatable bonds is 4. The molecule has 2 amide bonds. The van der Waals surface area contributed by atoms with Crippen molar-refractivity contribution in [2.75, 3.05) is 18.5 Å². The molecule has 3 aromatic rings. The smallest absolute Gasteiger partial charge is 0.246 e. The van der Waals surface area contributed by atoms with Crippen molar-refractivity contribution in [2.24, 2.45) is 0 Å². The van der Waals surface area contributed by atoms with Crippen LogP contribution < -0.4 is 4.90 Å². The average molecular weight is 376 g/mol. The number of likely N-dealkylation sites (N-methyl/N-ethyl adjacent to an activating group) is 1. The summed E-state index contributed by atoms with van der Waals surface area (Å²) in [5, 5.41) is 0. The number of aromatic nitrogens is 2. The van der Waals surface area contributed by atoms with E-state index in [4.69, 9.17) is 4.98 Å². The number of fused-ring (bicyclic) bond motifs is 1. The van der Waals surface area contributed by atoms with Gasteiger partial charge in [0.25, 0.3) is 0 Å². The van der Waals surface area contributed by atoms with Gasteiger partial charge in [0.05, 0.1) is 17.1 Å². The molecule has 1 saturated heterocycles. The van der Waals surface area contributed by atoms with E-state index in [0.29, 0.717) is 0 Å². The van der Waals surface area contributed by atoms with Crippen LogP contribution in [0.3, 0.4) is 0 Å². The number of anilines is 1. The van der Waals surface area contributed by atoms with E-state index in [1.54, 1.807) is 18.9 Å². The number of para-hydroxylation sites is 3. The molecule has 0 saturated carbocycles. The van der Waals surface area contributed by atoms with Gasteiger partial charge >= 0.3 is 0 Å². The van der Waals surface area contributed by atoms with Gasteiger partial charge in [0.15, 0.2) is 0 Å². The molecule has 144 valence electrons. The lowest BCUT2D eigenvalue weighted by Crippen LogP contribution is -2.33. The predicted molar refractivity (Wildman–Crippen MR) is 109 cm³/mol. The number of hydrogen-bond donors (Lipinski definition) is 0. The Balaban J connectivity index is 1.71. The predicted octanol–water partition coefficient (Wildman–Crippen LogP) is 3.38. The summed E-state index contributed by atoms with van der Waals surface area (Å²) in [5.41, 5.74) is 2.62. The van der Waals surface area contributed by atoms with E-state index >= 15 is 0 Å². The van der Waals surface area contributed by atoms with Crippen LogP contribution in [0.1, 0.15) is 31.6 Å². The number of amides is 2. The Labute approximate surface area is 164 Å². The Bertz CT molecular complexity index is 1010. The van der Waals surface area contributed by atoms with Gasteiger partial charge < -0.3 is 14.4 Å². The number of carbonyl (C=O) groups is 2. The molecule has 1 atom stereocenters. The lowest BCUT2D eigenvalue weighted by molar-refractivity contribution is -0.129. The Kier molecular flexibility index (Phi) is 4.86. The van der Waals surface area contributed by atoms with Gasteiger partial charge in [0.2, 0.25) is 11.8 Å². The molecule has 1 aromatic heterocycles. The van der Waals surface area contributed by atoms with E-state index in [0.717, 1.165) is 41.9 Å². The van der Waals surface area contributed by atoms with Crippen LogP contribution in [-0.4, -0.2) is 39.9 Å². The third kappa shape index (κ3) is 3.26. The summed E-state index contributed by atoms with van der Waals surface area (Å²) in [7, 11) is 1.79. The molecule has 1 aliphatic heterocycles. The van der Waals surface area contributed by atoms with E-state index in [2.05, 4.69) is 0 Å². The highest BCUT2D eigenvalue weighted by Crippen LogP contribution is 2.33. The van der Waals surface area contributed by atoms with Gasteiger partial charge in [-0.2, -0.15) is 0 Å². The Morgan fingerprint density at radius 2 is 1.82 bits per heavy atom. The monoisotopic (exact) mass is 376 g/mol. The first-order valence-electron chi connectivity index (χ1n) is 9.60. The zero-order valence-corrected chi connectivity index (χ0v) is 16.2. The summed E-state index contributed by atoms with van der Waals surface area (Å²) in [6, 6.07) is 17.3. The summed E-state index contributed by atoms with van der Waals surface area (Å²) in [5.74, 6) is 0.820. The van der Waals surface area contributed by atoms with Gasteiger partial charge in [-0.05, 0) is 37.1 Å². The fourth-order valence-electron chi connectivity index (χ4n) is 3.96. The first-order valence-corrected chi connectivity index (χ1v) is 9.60. The van der Waals surface area contributed by atoms with E-state index in [1.165, 1.54) is 0 Å². The molecule has 1 aliphatic rings. The topological polar surface area (TPSA) is 58.4 Å². The first-order chi connectivity index (χ1) is 13.6. The Morgan fingerprint density at radius 1 is 1.11 bits per heavy atom. The van der Waals surface area contributed by atoms with Crippen LogP contribution in [0.5, 0.6) is 0 Å². The molecule has 4 rings (SSSR count). The normalized spacial score (nSPS) is 16.5. The van der Waals surface area contributed by atoms with Crippen molar-refractivity contribution in [3.8, 4) is 0 Å². The second-order valence-electron chi connectivity index (χ2n) is 7.20. The van der Waals surface area contributed by atoms with Gasteiger partial charge in [-0.15, -0.1) is 0 Å². The van der Waals surface area contributed by atoms with Crippen molar-refractivity contribution >= 4 is 28.5 Å². The molecule has 0 spiro atoms. The van der Waals surface area contributed by atoms with Crippen LogP contribution in [0.4, 0.5) is 5.69 Å². The third-order valence-electron chi connectivity index (χ3n) is 5.45. The minimum atomic E-state index is -0.0836. The summed E-state index contributed by atoms with van der Waals surface area (Å²) < 4.78 is 1.98. The second kappa shape index (κ2) is 7.46. The van der Waals surface area contributed by atoms with Crippen molar-refractivity contribution in [1.82, 2.24) is 14.5 Å². The lowest BCUT2D eigenvalue weighted by Gasteiger charge is -2.24. The Morgan fingerprint density at radius 3 is 2.57 bits per heavy atom. The number of hydrogen-bond acceptors (Lipinski definition) is 3. The van der Waals surface area contributed by atoms with Crippen LogP contribution in [0.2, 0.25) is 0 Å². The standard InChI is InChI=1S/C22H24N4O2/c1-16(27)25-14-8-13-20(25)22-23-18-11-6-7-12-19(18)26(22)15-21(28)24(2)17-9-4-3-5-10-17/h3-7,9-12,20H,8,13-15H2,1-2H3/t20-/m0/s1. The minimum absolute atomic E-state index is 0.0250. The summed E-state index contributed by atoms with van der Waals surface area (Å²) in [6.45, 7) is 2.52. The van der Waals surface area contributed by atoms with Gasteiger partial charge in [-0.25, -0.2) is 4.98 Å². The number of likely N-dealkylation sites (tertiary alicyclic amines) is 1. The van der Waals surface area contributed by atoms with Gasteiger partial charge in [-0.3, -0.25) is 9.59 Å². The van der Waals surface area contributed by atoms with Crippen molar-refractivity contribution in [1.29, 1.82) is 0 Å². The van der Waals surface area contributed by atoms with Crippen molar-refractivity contribution in [2.45, 2.75) is 32.4 Å². The number of nitrogens with zero attached hydrogens (tertiary/aromatic N) is 4. The molecule has 0 N–H and O–H groups in total. The molecule has 6 heteroatoms. The van der Waals surface area contributed by atoms with Crippen molar-refractivity contribution in [3.05, 3.63) is 60.4 Å². The average Bonchev–Trinajstić information content (AvgIpc) is 3.33. The third-order valence-corrected chi connectivity index (χ3v) is 5.45. The molecule has 6 nitrogen and oxygen atoms in total. The van der Waals surface area contributed by atoms with Crippen LogP contribution in [0.25, 0.3) is 11.0 Å². The highest BCUT2D eigenvalue weighted by molar-refractivity contribution is 5.93. The van der Waals surface area contributed by atoms with E-state index < -0.39 is 0 Å². The number of carbonyl (C=O) groups excluding carboxylic acids is 2. The summed E-state index contributed by atoms with van der Waals surface area (Å²) in [4.78, 5) is 33.5. The van der Waals surface area contributed by atoms with E-state index in [-0.39, 0.29) is 24.4 Å². The molecular formula is C22H24N4O2. The maximum Gasteiger partial charge on any atom is 0.246 e.